The van der Waals surface area contributed by atoms with Crippen molar-refractivity contribution in [3.63, 3.8) is 0 Å². The summed E-state index contributed by atoms with van der Waals surface area (Å²) in [5, 5.41) is 3.26. The summed E-state index contributed by atoms with van der Waals surface area (Å²) < 4.78 is 38.8. The van der Waals surface area contributed by atoms with Crippen LogP contribution in [-0.2, 0) is 6.32 Å². The minimum absolute atomic E-state index is 0. The SMILES string of the molecule is Cc1c(S)c(C)c(N2CCNCC2)c(C)c1C[B-](F)(F)F.[K+]. The molecule has 22 heavy (non-hydrogen) atoms. The van der Waals surface area contributed by atoms with Gasteiger partial charge in [0.25, 0.3) is 0 Å². The van der Waals surface area contributed by atoms with Gasteiger partial charge in [-0.05, 0) is 37.5 Å². The maximum Gasteiger partial charge on any atom is 1.00 e. The Bertz CT molecular complexity index is 546. The quantitative estimate of drug-likeness (QED) is 0.596. The Labute approximate surface area is 178 Å². The molecule has 1 fully saturated rings. The van der Waals surface area contributed by atoms with Crippen LogP contribution in [0.2, 0.25) is 0 Å². The number of halogens is 3. The maximum absolute atomic E-state index is 12.9. The van der Waals surface area contributed by atoms with E-state index in [1.165, 1.54) is 0 Å². The zero-order chi connectivity index (χ0) is 15.8. The van der Waals surface area contributed by atoms with E-state index in [-0.39, 0.29) is 51.4 Å². The van der Waals surface area contributed by atoms with E-state index >= 15 is 0 Å². The van der Waals surface area contributed by atoms with E-state index in [0.29, 0.717) is 16.0 Å². The van der Waals surface area contributed by atoms with Crippen LogP contribution >= 0.6 is 12.6 Å². The van der Waals surface area contributed by atoms with Gasteiger partial charge in [0.1, 0.15) is 0 Å². The van der Waals surface area contributed by atoms with Crippen molar-refractivity contribution in [2.24, 2.45) is 0 Å². The van der Waals surface area contributed by atoms with Gasteiger partial charge in [0.2, 0.25) is 0 Å². The average molecular weight is 356 g/mol. The van der Waals surface area contributed by atoms with E-state index in [2.05, 4.69) is 22.8 Å². The average Bonchev–Trinajstić information content (AvgIpc) is 2.42. The van der Waals surface area contributed by atoms with E-state index in [1.54, 1.807) is 6.92 Å². The molecule has 1 heterocycles. The molecule has 0 radical (unpaired) electrons. The number of rotatable bonds is 3. The second-order valence-corrected chi connectivity index (χ2v) is 6.15. The number of nitrogens with one attached hydrogen (secondary N) is 1. The van der Waals surface area contributed by atoms with Crippen LogP contribution in [0.3, 0.4) is 0 Å². The Hall–Kier alpha value is 0.821. The third kappa shape index (κ3) is 4.68. The van der Waals surface area contributed by atoms with Gasteiger partial charge in [0.05, 0.1) is 0 Å². The van der Waals surface area contributed by atoms with Crippen molar-refractivity contribution in [3.05, 3.63) is 22.3 Å². The zero-order valence-corrected chi connectivity index (χ0v) is 17.7. The summed E-state index contributed by atoms with van der Waals surface area (Å²) in [5.41, 5.74) is 3.72. The van der Waals surface area contributed by atoms with Crippen molar-refractivity contribution in [2.75, 3.05) is 31.1 Å². The van der Waals surface area contributed by atoms with Crippen molar-refractivity contribution in [1.82, 2.24) is 5.32 Å². The number of hydrogen-bond donors (Lipinski definition) is 2. The number of thiol groups is 1. The Kier molecular flexibility index (Phi) is 7.84. The predicted octanol–water partition coefficient (Wildman–Crippen LogP) is 0.243. The molecule has 0 amide bonds. The third-order valence-corrected chi connectivity index (χ3v) is 4.87. The third-order valence-electron chi connectivity index (χ3n) is 4.19. The van der Waals surface area contributed by atoms with Crippen LogP contribution in [0.15, 0.2) is 4.90 Å². The second-order valence-electron chi connectivity index (χ2n) is 5.70. The van der Waals surface area contributed by atoms with Gasteiger partial charge >= 0.3 is 58.4 Å². The summed E-state index contributed by atoms with van der Waals surface area (Å²) in [7, 11) is 0. The first-order valence-corrected chi connectivity index (χ1v) is 7.65. The number of benzene rings is 1. The van der Waals surface area contributed by atoms with Gasteiger partial charge in [-0.15, -0.1) is 12.6 Å². The molecule has 0 atom stereocenters. The molecule has 0 unspecified atom stereocenters. The molecule has 0 spiro atoms. The summed E-state index contributed by atoms with van der Waals surface area (Å²) in [4.78, 5) is 2.86. The van der Waals surface area contributed by atoms with E-state index in [0.717, 1.165) is 43.0 Å². The maximum atomic E-state index is 12.9. The Morgan fingerprint density at radius 3 is 2.09 bits per heavy atom. The van der Waals surface area contributed by atoms with Crippen molar-refractivity contribution in [1.29, 1.82) is 0 Å². The van der Waals surface area contributed by atoms with Crippen LogP contribution in [0.5, 0.6) is 0 Å². The van der Waals surface area contributed by atoms with Gasteiger partial charge in [-0.1, -0.05) is 11.9 Å². The minimum Gasteiger partial charge on any atom is -0.449 e. The first-order valence-electron chi connectivity index (χ1n) is 7.20. The van der Waals surface area contributed by atoms with Crippen LogP contribution in [-0.4, -0.2) is 33.2 Å². The van der Waals surface area contributed by atoms with Gasteiger partial charge in [0.15, 0.2) is 0 Å². The molecule has 0 saturated carbocycles. The van der Waals surface area contributed by atoms with E-state index in [9.17, 15) is 12.9 Å². The summed E-state index contributed by atoms with van der Waals surface area (Å²) in [6, 6.07) is 0. The predicted molar refractivity (Wildman–Crippen MR) is 85.8 cm³/mol. The number of hydrogen-bond acceptors (Lipinski definition) is 3. The van der Waals surface area contributed by atoms with Gasteiger partial charge < -0.3 is 23.2 Å². The molecule has 1 aromatic carbocycles. The molecule has 0 aliphatic carbocycles. The molecule has 1 N–H and O–H groups in total. The number of nitrogens with zero attached hydrogens (tertiary/aromatic N) is 1. The number of piperazine rings is 1. The van der Waals surface area contributed by atoms with Gasteiger partial charge in [-0.2, -0.15) is 0 Å². The van der Waals surface area contributed by atoms with E-state index < -0.39 is 13.3 Å². The summed E-state index contributed by atoms with van der Waals surface area (Å²) in [6.45, 7) is 3.98. The first kappa shape index (κ1) is 20.9. The van der Waals surface area contributed by atoms with Crippen LogP contribution in [0, 0.1) is 20.8 Å². The van der Waals surface area contributed by atoms with Gasteiger partial charge in [-0.3, -0.25) is 0 Å². The normalized spacial score (nSPS) is 15.7. The summed E-state index contributed by atoms with van der Waals surface area (Å²) in [6.07, 6.45) is -0.829. The van der Waals surface area contributed by atoms with Crippen LogP contribution in [0.4, 0.5) is 18.6 Å². The van der Waals surface area contributed by atoms with E-state index in [4.69, 9.17) is 0 Å². The molecule has 0 aromatic heterocycles. The molecular formula is C14H21BF3KN2S. The van der Waals surface area contributed by atoms with E-state index in [1.807, 2.05) is 13.8 Å². The molecule has 1 saturated heterocycles. The largest absolute Gasteiger partial charge is 1.00 e. The molecule has 2 nitrogen and oxygen atoms in total. The zero-order valence-electron chi connectivity index (χ0n) is 13.6. The smallest absolute Gasteiger partial charge is 0.449 e. The van der Waals surface area contributed by atoms with Crippen LogP contribution in [0.1, 0.15) is 22.3 Å². The molecule has 1 aliphatic rings. The fourth-order valence-corrected chi connectivity index (χ4v) is 3.38. The molecule has 118 valence electrons. The second kappa shape index (κ2) is 8.27. The molecule has 1 aromatic rings. The summed E-state index contributed by atoms with van der Waals surface area (Å²) in [5.74, 6) is 0. The Morgan fingerprint density at radius 1 is 1.05 bits per heavy atom. The van der Waals surface area contributed by atoms with Gasteiger partial charge in [0, 0.05) is 36.8 Å². The van der Waals surface area contributed by atoms with Crippen molar-refractivity contribution >= 4 is 25.3 Å². The molecule has 2 rings (SSSR count). The number of anilines is 1. The Morgan fingerprint density at radius 2 is 1.59 bits per heavy atom. The van der Waals surface area contributed by atoms with Gasteiger partial charge in [-0.25, -0.2) is 0 Å². The van der Waals surface area contributed by atoms with Crippen LogP contribution in [0.25, 0.3) is 0 Å². The standard InChI is InChI=1S/C14H21BF3N2S.K/c1-9-12(8-15(16,17)18)10(2)14(21)11(3)13(9)20-6-4-19-5-7-20;/h19,21H,4-8H2,1-3H3;/q-1;+1. The molecule has 0 bridgehead atoms. The minimum atomic E-state index is -4.85. The molecule has 1 aliphatic heterocycles. The first-order chi connectivity index (χ1) is 9.72. The Balaban J connectivity index is 0.00000242. The van der Waals surface area contributed by atoms with Crippen molar-refractivity contribution in [2.45, 2.75) is 32.0 Å². The topological polar surface area (TPSA) is 15.3 Å². The fraction of sp³-hybridized carbons (Fsp3) is 0.571. The molecule has 8 heteroatoms. The molecular weight excluding hydrogens is 335 g/mol. The van der Waals surface area contributed by atoms with Crippen molar-refractivity contribution in [3.8, 4) is 0 Å². The van der Waals surface area contributed by atoms with Crippen molar-refractivity contribution < 1.29 is 64.3 Å². The van der Waals surface area contributed by atoms with Crippen LogP contribution < -0.4 is 61.6 Å². The summed E-state index contributed by atoms with van der Waals surface area (Å²) >= 11 is 4.46. The fourth-order valence-electron chi connectivity index (χ4n) is 3.14. The monoisotopic (exact) mass is 356 g/mol.